The molecule has 1 aromatic heterocycles. The van der Waals surface area contributed by atoms with Crippen molar-refractivity contribution in [1.29, 1.82) is 0 Å². The molecule has 0 unspecified atom stereocenters. The van der Waals surface area contributed by atoms with Crippen molar-refractivity contribution in [3.8, 4) is 11.5 Å². The highest BCUT2D eigenvalue weighted by atomic mass is 16.5. The number of hydrogen-bond donors (Lipinski definition) is 0. The van der Waals surface area contributed by atoms with Gasteiger partial charge >= 0.3 is 0 Å². The van der Waals surface area contributed by atoms with E-state index >= 15 is 0 Å². The van der Waals surface area contributed by atoms with Crippen LogP contribution < -0.4 is 9.47 Å². The van der Waals surface area contributed by atoms with E-state index in [0.717, 1.165) is 62.7 Å². The maximum atomic E-state index is 5.87. The minimum Gasteiger partial charge on any atom is -0.497 e. The van der Waals surface area contributed by atoms with Crippen LogP contribution >= 0.6 is 0 Å². The van der Waals surface area contributed by atoms with Gasteiger partial charge in [-0.05, 0) is 25.8 Å². The zero-order valence-corrected chi connectivity index (χ0v) is 16.0. The molecule has 6 nitrogen and oxygen atoms in total. The number of ether oxygens (including phenoxy) is 3. The lowest BCUT2D eigenvalue weighted by molar-refractivity contribution is 0.0668. The third kappa shape index (κ3) is 4.56. The van der Waals surface area contributed by atoms with Gasteiger partial charge in [-0.25, -0.2) is 4.98 Å². The summed E-state index contributed by atoms with van der Waals surface area (Å²) in [5, 5.41) is 0. The molecule has 26 heavy (non-hydrogen) atoms. The van der Waals surface area contributed by atoms with Crippen molar-refractivity contribution in [2.24, 2.45) is 0 Å². The van der Waals surface area contributed by atoms with E-state index in [1.165, 1.54) is 5.69 Å². The van der Waals surface area contributed by atoms with Crippen molar-refractivity contribution in [2.75, 3.05) is 27.4 Å². The van der Waals surface area contributed by atoms with Gasteiger partial charge in [0.05, 0.1) is 32.3 Å². The summed E-state index contributed by atoms with van der Waals surface area (Å²) in [6.07, 6.45) is 6.43. The molecule has 0 N–H and O–H groups in total. The Balaban J connectivity index is 1.78. The average Bonchev–Trinajstić information content (AvgIpc) is 3.33. The Hall–Kier alpha value is -2.05. The molecule has 0 radical (unpaired) electrons. The van der Waals surface area contributed by atoms with E-state index in [-0.39, 0.29) is 0 Å². The molecule has 0 spiro atoms. The molecule has 1 aromatic carbocycles. The zero-order chi connectivity index (χ0) is 18.4. The number of aryl methyl sites for hydroxylation is 1. The predicted octanol–water partition coefficient (Wildman–Crippen LogP) is 3.10. The first-order valence-electron chi connectivity index (χ1n) is 9.27. The van der Waals surface area contributed by atoms with Crippen LogP contribution in [0.25, 0.3) is 0 Å². The van der Waals surface area contributed by atoms with Crippen LogP contribution in [-0.4, -0.2) is 47.9 Å². The van der Waals surface area contributed by atoms with Gasteiger partial charge in [0.25, 0.3) is 0 Å². The van der Waals surface area contributed by atoms with Gasteiger partial charge in [-0.1, -0.05) is 6.07 Å². The van der Waals surface area contributed by atoms with Crippen LogP contribution in [0, 0.1) is 0 Å². The van der Waals surface area contributed by atoms with Crippen molar-refractivity contribution < 1.29 is 14.2 Å². The highest BCUT2D eigenvalue weighted by molar-refractivity contribution is 5.40. The Morgan fingerprint density at radius 1 is 1.27 bits per heavy atom. The molecule has 2 heterocycles. The van der Waals surface area contributed by atoms with Crippen LogP contribution in [0.1, 0.15) is 31.0 Å². The van der Waals surface area contributed by atoms with Crippen LogP contribution in [0.5, 0.6) is 11.5 Å². The highest BCUT2D eigenvalue weighted by Gasteiger charge is 2.21. The molecule has 142 valence electrons. The molecule has 3 rings (SSSR count). The fourth-order valence-electron chi connectivity index (χ4n) is 3.48. The van der Waals surface area contributed by atoms with Gasteiger partial charge < -0.3 is 18.8 Å². The first-order valence-corrected chi connectivity index (χ1v) is 9.27. The number of benzene rings is 1. The summed E-state index contributed by atoms with van der Waals surface area (Å²) in [4.78, 5) is 6.73. The van der Waals surface area contributed by atoms with Gasteiger partial charge in [0.1, 0.15) is 11.5 Å². The Labute approximate surface area is 155 Å². The molecule has 1 aliphatic rings. The second kappa shape index (κ2) is 9.05. The van der Waals surface area contributed by atoms with Gasteiger partial charge in [-0.3, -0.25) is 4.90 Å². The molecule has 0 aliphatic carbocycles. The first kappa shape index (κ1) is 18.7. The summed E-state index contributed by atoms with van der Waals surface area (Å²) in [5.41, 5.74) is 2.37. The van der Waals surface area contributed by atoms with E-state index < -0.39 is 0 Å². The quantitative estimate of drug-likeness (QED) is 0.689. The van der Waals surface area contributed by atoms with Crippen LogP contribution in [0.15, 0.2) is 30.7 Å². The third-order valence-corrected chi connectivity index (χ3v) is 4.90. The fourth-order valence-corrected chi connectivity index (χ4v) is 3.48. The molecular formula is C20H29N3O3. The lowest BCUT2D eigenvalue weighted by Gasteiger charge is -2.26. The first-order chi connectivity index (χ1) is 12.7. The van der Waals surface area contributed by atoms with Crippen LogP contribution in [0.3, 0.4) is 0 Å². The van der Waals surface area contributed by atoms with Crippen LogP contribution in [-0.2, 0) is 24.4 Å². The van der Waals surface area contributed by atoms with E-state index in [2.05, 4.69) is 27.4 Å². The summed E-state index contributed by atoms with van der Waals surface area (Å²) in [5.74, 6) is 1.66. The SMILES string of the molecule is CCn1cncc1CN(Cc1ccc(OC)cc1OC)C[C@@H]1CCCO1. The molecule has 1 fully saturated rings. The molecule has 0 saturated carbocycles. The largest absolute Gasteiger partial charge is 0.497 e. The summed E-state index contributed by atoms with van der Waals surface area (Å²) >= 11 is 0. The van der Waals surface area contributed by atoms with Crippen LogP contribution in [0.4, 0.5) is 0 Å². The number of rotatable bonds is 9. The second-order valence-corrected chi connectivity index (χ2v) is 6.65. The smallest absolute Gasteiger partial charge is 0.127 e. The van der Waals surface area contributed by atoms with Gasteiger partial charge in [0.15, 0.2) is 0 Å². The molecule has 1 aliphatic heterocycles. The summed E-state index contributed by atoms with van der Waals surface area (Å²) < 4.78 is 19.0. The van der Waals surface area contributed by atoms with Gasteiger partial charge in [0, 0.05) is 50.6 Å². The predicted molar refractivity (Wildman–Crippen MR) is 101 cm³/mol. The monoisotopic (exact) mass is 359 g/mol. The molecule has 6 heteroatoms. The normalized spacial score (nSPS) is 17.0. The lowest BCUT2D eigenvalue weighted by Crippen LogP contribution is -2.32. The summed E-state index contributed by atoms with van der Waals surface area (Å²) in [6, 6.07) is 6.01. The number of hydrogen-bond acceptors (Lipinski definition) is 5. The molecule has 1 saturated heterocycles. The minimum atomic E-state index is 0.303. The van der Waals surface area contributed by atoms with E-state index in [0.29, 0.717) is 6.10 Å². The Morgan fingerprint density at radius 2 is 2.15 bits per heavy atom. The molecule has 2 aromatic rings. The van der Waals surface area contributed by atoms with E-state index in [1.54, 1.807) is 14.2 Å². The van der Waals surface area contributed by atoms with Crippen molar-refractivity contribution in [3.05, 3.63) is 42.0 Å². The third-order valence-electron chi connectivity index (χ3n) is 4.90. The number of imidazole rings is 1. The zero-order valence-electron chi connectivity index (χ0n) is 16.0. The van der Waals surface area contributed by atoms with E-state index in [4.69, 9.17) is 14.2 Å². The molecule has 1 atom stereocenters. The number of nitrogens with zero attached hydrogens (tertiary/aromatic N) is 3. The van der Waals surface area contributed by atoms with E-state index in [9.17, 15) is 0 Å². The van der Waals surface area contributed by atoms with Crippen LogP contribution in [0.2, 0.25) is 0 Å². The Kier molecular flexibility index (Phi) is 6.52. The average molecular weight is 359 g/mol. The lowest BCUT2D eigenvalue weighted by atomic mass is 10.1. The molecule has 0 bridgehead atoms. The van der Waals surface area contributed by atoms with Gasteiger partial charge in [0.2, 0.25) is 0 Å². The van der Waals surface area contributed by atoms with E-state index in [1.807, 2.05) is 24.7 Å². The topological polar surface area (TPSA) is 48.8 Å². The minimum absolute atomic E-state index is 0.303. The summed E-state index contributed by atoms with van der Waals surface area (Å²) in [6.45, 7) is 6.48. The number of methoxy groups -OCH3 is 2. The summed E-state index contributed by atoms with van der Waals surface area (Å²) in [7, 11) is 3.37. The molecular weight excluding hydrogens is 330 g/mol. The standard InChI is InChI=1S/C20H29N3O3/c1-4-23-15-21-11-17(23)13-22(14-19-6-5-9-26-19)12-16-7-8-18(24-2)10-20(16)25-3/h7-8,10-11,15,19H,4-6,9,12-14H2,1-3H3/t19-/m0/s1. The van der Waals surface area contributed by atoms with Crippen molar-refractivity contribution >= 4 is 0 Å². The van der Waals surface area contributed by atoms with Gasteiger partial charge in [-0.15, -0.1) is 0 Å². The Morgan fingerprint density at radius 3 is 2.85 bits per heavy atom. The number of aromatic nitrogens is 2. The maximum absolute atomic E-state index is 5.87. The van der Waals surface area contributed by atoms with Crippen molar-refractivity contribution in [3.63, 3.8) is 0 Å². The molecule has 0 amide bonds. The second-order valence-electron chi connectivity index (χ2n) is 6.65. The van der Waals surface area contributed by atoms with Gasteiger partial charge in [-0.2, -0.15) is 0 Å². The van der Waals surface area contributed by atoms with Crippen molar-refractivity contribution in [2.45, 2.75) is 45.5 Å². The van der Waals surface area contributed by atoms with Crippen molar-refractivity contribution in [1.82, 2.24) is 14.5 Å². The Bertz CT molecular complexity index is 695. The fraction of sp³-hybridized carbons (Fsp3) is 0.550. The highest BCUT2D eigenvalue weighted by Crippen LogP contribution is 2.27. The maximum Gasteiger partial charge on any atom is 0.127 e.